The van der Waals surface area contributed by atoms with Gasteiger partial charge in [0.2, 0.25) is 11.8 Å². The number of nitrogens with two attached hydrogens (primary N) is 2. The maximum Gasteiger partial charge on any atom is 0.326 e. The second-order valence-corrected chi connectivity index (χ2v) is 5.08. The van der Waals surface area contributed by atoms with Gasteiger partial charge in [-0.05, 0) is 25.8 Å². The third kappa shape index (κ3) is 7.59. The Hall–Kier alpha value is -1.36. The monoisotopic (exact) mass is 336 g/mol. The van der Waals surface area contributed by atoms with Crippen molar-refractivity contribution in [1.82, 2.24) is 10.6 Å². The summed E-state index contributed by atoms with van der Waals surface area (Å²) in [6.45, 7) is -0.127. The average molecular weight is 336 g/mol. The first-order chi connectivity index (χ1) is 10.4. The van der Waals surface area contributed by atoms with Crippen molar-refractivity contribution in [3.05, 3.63) is 0 Å². The van der Waals surface area contributed by atoms with Crippen LogP contribution in [0, 0.1) is 0 Å². The van der Waals surface area contributed by atoms with Crippen LogP contribution in [0.15, 0.2) is 0 Å². The van der Waals surface area contributed by atoms with E-state index >= 15 is 0 Å². The van der Waals surface area contributed by atoms with Crippen LogP contribution < -0.4 is 22.1 Å². The van der Waals surface area contributed by atoms with E-state index in [-0.39, 0.29) is 12.2 Å². The fraction of sp³-hybridized carbons (Fsp3) is 0.750. The van der Waals surface area contributed by atoms with Gasteiger partial charge in [-0.2, -0.15) is 12.6 Å². The van der Waals surface area contributed by atoms with E-state index in [4.69, 9.17) is 21.7 Å². The molecule has 0 aromatic rings. The molecule has 0 aliphatic heterocycles. The van der Waals surface area contributed by atoms with Crippen molar-refractivity contribution >= 4 is 30.4 Å². The Morgan fingerprint density at radius 3 is 2.14 bits per heavy atom. The van der Waals surface area contributed by atoms with Crippen LogP contribution in [-0.2, 0) is 14.4 Å². The SMILES string of the molecule is NCCCCC(NC(=O)C(CS)NC(=O)C(N)CO)C(=O)O. The number of rotatable bonds is 11. The Morgan fingerprint density at radius 1 is 1.09 bits per heavy atom. The van der Waals surface area contributed by atoms with Crippen LogP contribution in [0.3, 0.4) is 0 Å². The van der Waals surface area contributed by atoms with Gasteiger partial charge in [0.1, 0.15) is 18.1 Å². The molecular weight excluding hydrogens is 312 g/mol. The number of thiol groups is 1. The lowest BCUT2D eigenvalue weighted by molar-refractivity contribution is -0.142. The standard InChI is InChI=1S/C12H24N4O5S/c13-4-2-1-3-8(12(20)21)15-11(19)9(6-22)16-10(18)7(14)5-17/h7-9,17,22H,1-6,13-14H2,(H,15,19)(H,16,18)(H,20,21). The van der Waals surface area contributed by atoms with Gasteiger partial charge in [-0.15, -0.1) is 0 Å². The van der Waals surface area contributed by atoms with Crippen LogP contribution >= 0.6 is 12.6 Å². The van der Waals surface area contributed by atoms with Crippen molar-refractivity contribution in [3.8, 4) is 0 Å². The third-order valence-corrected chi connectivity index (χ3v) is 3.28. The highest BCUT2D eigenvalue weighted by Gasteiger charge is 2.26. The summed E-state index contributed by atoms with van der Waals surface area (Å²) in [5, 5.41) is 22.5. The number of aliphatic hydroxyl groups excluding tert-OH is 1. The Kier molecular flexibility index (Phi) is 10.5. The molecule has 0 aromatic heterocycles. The van der Waals surface area contributed by atoms with Crippen LogP contribution in [0.4, 0.5) is 0 Å². The van der Waals surface area contributed by atoms with E-state index in [1.807, 2.05) is 0 Å². The second kappa shape index (κ2) is 11.2. The van der Waals surface area contributed by atoms with Crippen LogP contribution in [0.25, 0.3) is 0 Å². The molecule has 22 heavy (non-hydrogen) atoms. The first kappa shape index (κ1) is 20.6. The average Bonchev–Trinajstić information content (AvgIpc) is 2.50. The lowest BCUT2D eigenvalue weighted by atomic mass is 10.1. The molecule has 128 valence electrons. The maximum atomic E-state index is 12.0. The molecule has 0 aliphatic carbocycles. The molecule has 2 amide bonds. The number of hydrogen-bond acceptors (Lipinski definition) is 7. The van der Waals surface area contributed by atoms with Crippen molar-refractivity contribution in [2.75, 3.05) is 18.9 Å². The van der Waals surface area contributed by atoms with Crippen LogP contribution in [0.2, 0.25) is 0 Å². The van der Waals surface area contributed by atoms with Gasteiger partial charge in [0.15, 0.2) is 0 Å². The molecule has 0 saturated heterocycles. The minimum absolute atomic E-state index is 0.0368. The number of carboxylic acid groups (broad SMARTS) is 1. The van der Waals surface area contributed by atoms with Crippen LogP contribution in [0.5, 0.6) is 0 Å². The number of hydrogen-bond donors (Lipinski definition) is 7. The molecule has 0 saturated carbocycles. The first-order valence-electron chi connectivity index (χ1n) is 6.88. The van der Waals surface area contributed by atoms with Crippen molar-refractivity contribution in [2.24, 2.45) is 11.5 Å². The van der Waals surface area contributed by atoms with Gasteiger partial charge in [0.25, 0.3) is 0 Å². The Bertz CT molecular complexity index is 383. The maximum absolute atomic E-state index is 12.0. The van der Waals surface area contributed by atoms with Gasteiger partial charge >= 0.3 is 5.97 Å². The molecule has 3 unspecified atom stereocenters. The normalized spacial score (nSPS) is 14.7. The summed E-state index contributed by atoms with van der Waals surface area (Å²) in [5.41, 5.74) is 10.7. The topological polar surface area (TPSA) is 168 Å². The minimum atomic E-state index is -1.17. The Morgan fingerprint density at radius 2 is 1.68 bits per heavy atom. The number of carbonyl (C=O) groups excluding carboxylic acids is 2. The number of nitrogens with one attached hydrogen (secondary N) is 2. The summed E-state index contributed by atoms with van der Waals surface area (Å²) in [5.74, 6) is -2.59. The van der Waals surface area contributed by atoms with Gasteiger partial charge in [-0.1, -0.05) is 0 Å². The van der Waals surface area contributed by atoms with Gasteiger partial charge < -0.3 is 32.3 Å². The fourth-order valence-corrected chi connectivity index (χ4v) is 1.84. The van der Waals surface area contributed by atoms with Gasteiger partial charge in [0, 0.05) is 5.75 Å². The molecule has 9 nitrogen and oxygen atoms in total. The zero-order valence-electron chi connectivity index (χ0n) is 12.2. The largest absolute Gasteiger partial charge is 0.480 e. The summed E-state index contributed by atoms with van der Waals surface area (Å²) in [6.07, 6.45) is 1.44. The zero-order valence-corrected chi connectivity index (χ0v) is 13.1. The van der Waals surface area contributed by atoms with E-state index in [1.54, 1.807) is 0 Å². The zero-order chi connectivity index (χ0) is 17.1. The molecule has 0 aliphatic rings. The predicted octanol–water partition coefficient (Wildman–Crippen LogP) is -2.58. The molecule has 10 heteroatoms. The quantitative estimate of drug-likeness (QED) is 0.160. The highest BCUT2D eigenvalue weighted by Crippen LogP contribution is 2.02. The number of unbranched alkanes of at least 4 members (excludes halogenated alkanes) is 1. The van der Waals surface area contributed by atoms with Crippen LogP contribution in [0.1, 0.15) is 19.3 Å². The molecule has 0 aromatic carbocycles. The summed E-state index contributed by atoms with van der Waals surface area (Å²) < 4.78 is 0. The van der Waals surface area contributed by atoms with E-state index < -0.39 is 42.5 Å². The smallest absolute Gasteiger partial charge is 0.326 e. The van der Waals surface area contributed by atoms with Crippen molar-refractivity contribution in [2.45, 2.75) is 37.4 Å². The molecule has 0 fully saturated rings. The minimum Gasteiger partial charge on any atom is -0.480 e. The molecule has 0 heterocycles. The van der Waals surface area contributed by atoms with Gasteiger partial charge in [0.05, 0.1) is 6.61 Å². The first-order valence-corrected chi connectivity index (χ1v) is 7.51. The molecular formula is C12H24N4O5S. The number of aliphatic hydroxyl groups is 1. The van der Waals surface area contributed by atoms with E-state index in [0.717, 1.165) is 0 Å². The molecule has 8 N–H and O–H groups in total. The number of carbonyl (C=O) groups is 3. The van der Waals surface area contributed by atoms with Crippen LogP contribution in [-0.4, -0.2) is 65.0 Å². The van der Waals surface area contributed by atoms with Gasteiger partial charge in [-0.3, -0.25) is 9.59 Å². The molecule has 3 atom stereocenters. The number of carboxylic acids is 1. The summed E-state index contributed by atoms with van der Waals surface area (Å²) in [4.78, 5) is 34.7. The van der Waals surface area contributed by atoms with E-state index in [1.165, 1.54) is 0 Å². The van der Waals surface area contributed by atoms with E-state index in [9.17, 15) is 14.4 Å². The second-order valence-electron chi connectivity index (χ2n) is 4.72. The highest BCUT2D eigenvalue weighted by molar-refractivity contribution is 7.80. The number of amides is 2. The summed E-state index contributed by atoms with van der Waals surface area (Å²) >= 11 is 3.94. The molecule has 0 spiro atoms. The van der Waals surface area contributed by atoms with E-state index in [0.29, 0.717) is 19.4 Å². The van der Waals surface area contributed by atoms with Crippen molar-refractivity contribution < 1.29 is 24.6 Å². The van der Waals surface area contributed by atoms with Crippen molar-refractivity contribution in [3.63, 3.8) is 0 Å². The summed E-state index contributed by atoms with van der Waals surface area (Å²) in [7, 11) is 0. The Labute approximate surface area is 134 Å². The lowest BCUT2D eigenvalue weighted by Gasteiger charge is -2.21. The Balaban J connectivity index is 4.60. The lowest BCUT2D eigenvalue weighted by Crippen LogP contribution is -2.55. The third-order valence-electron chi connectivity index (χ3n) is 2.91. The predicted molar refractivity (Wildman–Crippen MR) is 83.3 cm³/mol. The molecule has 0 bridgehead atoms. The highest BCUT2D eigenvalue weighted by atomic mass is 32.1. The fourth-order valence-electron chi connectivity index (χ4n) is 1.58. The van der Waals surface area contributed by atoms with Crippen molar-refractivity contribution in [1.29, 1.82) is 0 Å². The number of aliphatic carboxylic acids is 1. The van der Waals surface area contributed by atoms with E-state index in [2.05, 4.69) is 23.3 Å². The molecule has 0 rings (SSSR count). The summed E-state index contributed by atoms with van der Waals surface area (Å²) in [6, 6.07) is -3.26. The van der Waals surface area contributed by atoms with Gasteiger partial charge in [-0.25, -0.2) is 4.79 Å². The molecule has 0 radical (unpaired) electrons.